The van der Waals surface area contributed by atoms with Gasteiger partial charge in [-0.15, -0.1) is 0 Å². The number of H-pyrrole nitrogens is 1. The number of hydrogen-bond acceptors (Lipinski definition) is 6. The van der Waals surface area contributed by atoms with E-state index in [2.05, 4.69) is 20.3 Å². The molecule has 0 fully saturated rings. The number of aryl methyl sites for hydroxylation is 1. The average molecular weight is 395 g/mol. The minimum atomic E-state index is -3.81. The maximum atomic E-state index is 11.7. The van der Waals surface area contributed by atoms with Crippen LogP contribution < -0.4 is 15.2 Å². The Kier molecular flexibility index (Phi) is 4.46. The molecule has 2 heterocycles. The number of hydrogen-bond donors (Lipinski definition) is 3. The van der Waals surface area contributed by atoms with Crippen LogP contribution in [0.2, 0.25) is 0 Å². The van der Waals surface area contributed by atoms with Crippen LogP contribution in [0, 0.1) is 6.92 Å². The average Bonchev–Trinajstić information content (AvgIpc) is 3.10. The molecule has 0 aliphatic carbocycles. The number of sulfonamides is 1. The van der Waals surface area contributed by atoms with E-state index in [9.17, 15) is 8.42 Å². The minimum Gasteiger partial charge on any atom is -0.439 e. The van der Waals surface area contributed by atoms with Crippen LogP contribution in [-0.2, 0) is 10.0 Å². The number of ether oxygens (including phenoxy) is 1. The first-order valence-corrected chi connectivity index (χ1v) is 9.91. The number of aromatic amines is 1. The molecule has 2 aromatic heterocycles. The van der Waals surface area contributed by atoms with Gasteiger partial charge in [0.15, 0.2) is 0 Å². The van der Waals surface area contributed by atoms with Crippen LogP contribution in [0.4, 0.5) is 11.5 Å². The summed E-state index contributed by atoms with van der Waals surface area (Å²) in [5.41, 5.74) is 2.12. The molecule has 0 radical (unpaired) electrons. The molecule has 0 amide bonds. The van der Waals surface area contributed by atoms with Crippen LogP contribution >= 0.6 is 0 Å². The first-order valence-electron chi connectivity index (χ1n) is 8.36. The Morgan fingerprint density at radius 3 is 2.75 bits per heavy atom. The van der Waals surface area contributed by atoms with Gasteiger partial charge in [0.1, 0.15) is 17.9 Å². The molecule has 0 unspecified atom stereocenters. The van der Waals surface area contributed by atoms with Gasteiger partial charge in [-0.3, -0.25) is 0 Å². The fraction of sp³-hybridized carbons (Fsp3) is 0.0526. The zero-order valence-corrected chi connectivity index (χ0v) is 15.7. The Labute approximate surface area is 161 Å². The number of benzene rings is 2. The van der Waals surface area contributed by atoms with Crippen molar-refractivity contribution < 1.29 is 13.2 Å². The Bertz CT molecular complexity index is 1270. The van der Waals surface area contributed by atoms with Crippen molar-refractivity contribution in [1.82, 2.24) is 15.0 Å². The highest BCUT2D eigenvalue weighted by Gasteiger charge is 2.12. The second kappa shape index (κ2) is 6.95. The first-order chi connectivity index (χ1) is 13.4. The zero-order valence-electron chi connectivity index (χ0n) is 14.9. The molecule has 142 valence electrons. The Morgan fingerprint density at radius 2 is 1.93 bits per heavy atom. The third-order valence-electron chi connectivity index (χ3n) is 4.16. The lowest BCUT2D eigenvalue weighted by Crippen LogP contribution is -2.14. The third kappa shape index (κ3) is 3.80. The molecular formula is C19H17N5O3S. The van der Waals surface area contributed by atoms with Gasteiger partial charge in [-0.2, -0.15) is 0 Å². The lowest BCUT2D eigenvalue weighted by molar-refractivity contribution is 0.462. The van der Waals surface area contributed by atoms with Crippen molar-refractivity contribution in [2.24, 2.45) is 5.14 Å². The topological polar surface area (TPSA) is 123 Å². The fourth-order valence-electron chi connectivity index (χ4n) is 2.81. The van der Waals surface area contributed by atoms with Crippen molar-refractivity contribution >= 4 is 32.4 Å². The van der Waals surface area contributed by atoms with E-state index in [1.807, 2.05) is 30.5 Å². The summed E-state index contributed by atoms with van der Waals surface area (Å²) < 4.78 is 29.2. The Hall–Kier alpha value is -3.43. The monoisotopic (exact) mass is 395 g/mol. The minimum absolute atomic E-state index is 0.0582. The van der Waals surface area contributed by atoms with Crippen LogP contribution in [0.5, 0.6) is 11.6 Å². The molecule has 0 saturated heterocycles. The standard InChI is InChI=1S/C19H17N5O3S/c1-12-2-3-14(9-17(12)28(20,25)26)24-18-10-19(23-11-22-18)27-15-4-5-16-13(8-15)6-7-21-16/h2-11,21H,1H3,(H2,20,25,26)(H,22,23,24). The van der Waals surface area contributed by atoms with Crippen molar-refractivity contribution in [1.29, 1.82) is 0 Å². The van der Waals surface area contributed by atoms with Crippen LogP contribution in [-0.4, -0.2) is 23.4 Å². The highest BCUT2D eigenvalue weighted by molar-refractivity contribution is 7.89. The Balaban J connectivity index is 1.57. The molecular weight excluding hydrogens is 378 g/mol. The summed E-state index contributed by atoms with van der Waals surface area (Å²) in [4.78, 5) is 11.4. The van der Waals surface area contributed by atoms with Gasteiger partial charge in [0, 0.05) is 28.9 Å². The van der Waals surface area contributed by atoms with E-state index in [4.69, 9.17) is 9.88 Å². The van der Waals surface area contributed by atoms with Crippen molar-refractivity contribution in [2.45, 2.75) is 11.8 Å². The number of fused-ring (bicyclic) bond motifs is 1. The largest absolute Gasteiger partial charge is 0.439 e. The number of aromatic nitrogens is 3. The van der Waals surface area contributed by atoms with Gasteiger partial charge in [0.25, 0.3) is 0 Å². The molecule has 2 aromatic carbocycles. The number of nitrogens with two attached hydrogens (primary N) is 1. The number of primary sulfonamides is 1. The molecule has 9 heteroatoms. The maximum Gasteiger partial charge on any atom is 0.238 e. The molecule has 4 N–H and O–H groups in total. The number of nitrogens with zero attached hydrogens (tertiary/aromatic N) is 2. The lowest BCUT2D eigenvalue weighted by atomic mass is 10.2. The first kappa shape index (κ1) is 18.0. The van der Waals surface area contributed by atoms with E-state index < -0.39 is 10.0 Å². The van der Waals surface area contributed by atoms with Gasteiger partial charge >= 0.3 is 0 Å². The van der Waals surface area contributed by atoms with E-state index in [0.29, 0.717) is 28.7 Å². The van der Waals surface area contributed by atoms with Gasteiger partial charge in [-0.25, -0.2) is 23.5 Å². The predicted molar refractivity (Wildman–Crippen MR) is 106 cm³/mol. The van der Waals surface area contributed by atoms with Crippen molar-refractivity contribution in [2.75, 3.05) is 5.32 Å². The van der Waals surface area contributed by atoms with Gasteiger partial charge in [-0.05, 0) is 48.9 Å². The van der Waals surface area contributed by atoms with Gasteiger partial charge in [-0.1, -0.05) is 6.07 Å². The third-order valence-corrected chi connectivity index (χ3v) is 5.21. The summed E-state index contributed by atoms with van der Waals surface area (Å²) in [6, 6.07) is 14.1. The zero-order chi connectivity index (χ0) is 19.7. The number of rotatable bonds is 5. The summed E-state index contributed by atoms with van der Waals surface area (Å²) in [5.74, 6) is 1.45. The molecule has 0 saturated carbocycles. The molecule has 0 spiro atoms. The maximum absolute atomic E-state index is 11.7. The summed E-state index contributed by atoms with van der Waals surface area (Å²) in [6.45, 7) is 1.68. The Morgan fingerprint density at radius 1 is 1.07 bits per heavy atom. The normalized spacial score (nSPS) is 11.5. The van der Waals surface area contributed by atoms with E-state index in [1.165, 1.54) is 12.4 Å². The molecule has 4 rings (SSSR count). The van der Waals surface area contributed by atoms with Gasteiger partial charge in [0.2, 0.25) is 15.9 Å². The van der Waals surface area contributed by atoms with Gasteiger partial charge in [0.05, 0.1) is 4.90 Å². The molecule has 0 aliphatic rings. The van der Waals surface area contributed by atoms with Crippen molar-refractivity contribution in [3.8, 4) is 11.6 Å². The highest BCUT2D eigenvalue weighted by atomic mass is 32.2. The second-order valence-electron chi connectivity index (χ2n) is 6.22. The smallest absolute Gasteiger partial charge is 0.238 e. The van der Waals surface area contributed by atoms with E-state index in [1.54, 1.807) is 25.1 Å². The molecule has 8 nitrogen and oxygen atoms in total. The van der Waals surface area contributed by atoms with Crippen molar-refractivity contribution in [3.05, 3.63) is 66.6 Å². The molecule has 0 bridgehead atoms. The van der Waals surface area contributed by atoms with Gasteiger partial charge < -0.3 is 15.0 Å². The summed E-state index contributed by atoms with van der Waals surface area (Å²) in [7, 11) is -3.81. The summed E-state index contributed by atoms with van der Waals surface area (Å²) in [5, 5.41) is 9.33. The highest BCUT2D eigenvalue weighted by Crippen LogP contribution is 2.26. The van der Waals surface area contributed by atoms with Crippen LogP contribution in [0.15, 0.2) is 66.0 Å². The molecule has 0 aliphatic heterocycles. The predicted octanol–water partition coefficient (Wildman–Crippen LogP) is 3.45. The van der Waals surface area contributed by atoms with E-state index in [0.717, 1.165) is 10.9 Å². The lowest BCUT2D eigenvalue weighted by Gasteiger charge is -2.10. The fourth-order valence-corrected chi connectivity index (χ4v) is 3.62. The molecule has 0 atom stereocenters. The summed E-state index contributed by atoms with van der Waals surface area (Å²) in [6.07, 6.45) is 3.22. The van der Waals surface area contributed by atoms with Crippen molar-refractivity contribution in [3.63, 3.8) is 0 Å². The SMILES string of the molecule is Cc1ccc(Nc2cc(Oc3ccc4[nH]ccc4c3)ncn2)cc1S(N)(=O)=O. The van der Waals surface area contributed by atoms with Crippen LogP contribution in [0.3, 0.4) is 0 Å². The van der Waals surface area contributed by atoms with Crippen LogP contribution in [0.1, 0.15) is 5.56 Å². The van der Waals surface area contributed by atoms with E-state index in [-0.39, 0.29) is 4.90 Å². The molecule has 28 heavy (non-hydrogen) atoms. The second-order valence-corrected chi connectivity index (χ2v) is 7.75. The quantitative estimate of drug-likeness (QED) is 0.476. The summed E-state index contributed by atoms with van der Waals surface area (Å²) >= 11 is 0. The number of nitrogens with one attached hydrogen (secondary N) is 2. The van der Waals surface area contributed by atoms with Crippen LogP contribution in [0.25, 0.3) is 10.9 Å². The van der Waals surface area contributed by atoms with E-state index >= 15 is 0 Å². The number of anilines is 2. The molecule has 4 aromatic rings.